The number of nitrogens with zero attached hydrogens (tertiary/aromatic N) is 1. The molecular formula is C21H29NO3S2. The number of carbonyl (C=O) groups excluding carboxylic acids is 1. The lowest BCUT2D eigenvalue weighted by Gasteiger charge is -2.30. The molecule has 0 spiro atoms. The van der Waals surface area contributed by atoms with Crippen molar-refractivity contribution in [3.8, 4) is 0 Å². The second kappa shape index (κ2) is 8.76. The molecule has 1 aliphatic rings. The van der Waals surface area contributed by atoms with E-state index in [1.165, 1.54) is 23.9 Å². The van der Waals surface area contributed by atoms with Crippen molar-refractivity contribution in [1.82, 2.24) is 5.06 Å². The first-order chi connectivity index (χ1) is 12.6. The molecule has 0 radical (unpaired) electrons. The van der Waals surface area contributed by atoms with E-state index in [0.717, 1.165) is 40.8 Å². The first-order valence-electron chi connectivity index (χ1n) is 9.21. The molecule has 0 atom stereocenters. The summed E-state index contributed by atoms with van der Waals surface area (Å²) in [6, 6.07) is 4.16. The van der Waals surface area contributed by atoms with Crippen molar-refractivity contribution in [2.24, 2.45) is 0 Å². The fourth-order valence-electron chi connectivity index (χ4n) is 3.55. The molecule has 4 nitrogen and oxygen atoms in total. The Labute approximate surface area is 172 Å². The molecule has 0 saturated heterocycles. The van der Waals surface area contributed by atoms with E-state index >= 15 is 0 Å². The van der Waals surface area contributed by atoms with Crippen molar-refractivity contribution < 1.29 is 14.4 Å². The molecule has 6 heteroatoms. The highest BCUT2D eigenvalue weighted by atomic mass is 32.2. The lowest BCUT2D eigenvalue weighted by atomic mass is 9.91. The third-order valence-electron chi connectivity index (χ3n) is 4.70. The Kier molecular flexibility index (Phi) is 7.11. The quantitative estimate of drug-likeness (QED) is 0.470. The molecule has 0 aliphatic carbocycles. The van der Waals surface area contributed by atoms with Gasteiger partial charge >= 0.3 is 0 Å². The zero-order valence-corrected chi connectivity index (χ0v) is 18.9. The zero-order chi connectivity index (χ0) is 20.4. The minimum absolute atomic E-state index is 0.200. The molecule has 1 aliphatic heterocycles. The maximum Gasteiger partial charge on any atom is 0.282 e. The van der Waals surface area contributed by atoms with Crippen LogP contribution in [0.3, 0.4) is 0 Å². The van der Waals surface area contributed by atoms with Crippen LogP contribution < -0.4 is 0 Å². The van der Waals surface area contributed by atoms with Crippen LogP contribution in [0.2, 0.25) is 0 Å². The summed E-state index contributed by atoms with van der Waals surface area (Å²) in [5, 5.41) is 1.37. The molecule has 1 aromatic rings. The third-order valence-corrected chi connectivity index (χ3v) is 5.95. The first kappa shape index (κ1) is 21.9. The van der Waals surface area contributed by atoms with Crippen LogP contribution in [-0.4, -0.2) is 33.8 Å². The predicted octanol–water partition coefficient (Wildman–Crippen LogP) is 5.34. The lowest BCUT2D eigenvalue weighted by molar-refractivity contribution is -0.189. The van der Waals surface area contributed by atoms with Gasteiger partial charge in [0.25, 0.3) is 5.91 Å². The number of hydrogen-bond donors (Lipinski definition) is 0. The van der Waals surface area contributed by atoms with E-state index in [0.29, 0.717) is 15.7 Å². The van der Waals surface area contributed by atoms with Gasteiger partial charge in [-0.1, -0.05) is 42.8 Å². The smallest absolute Gasteiger partial charge is 0.282 e. The molecule has 0 N–H and O–H groups in total. The summed E-state index contributed by atoms with van der Waals surface area (Å²) in [5.74, 6) is 1.26. The van der Waals surface area contributed by atoms with Crippen LogP contribution in [0.1, 0.15) is 55.9 Å². The number of ether oxygens (including phenoxy) is 1. The summed E-state index contributed by atoms with van der Waals surface area (Å²) in [5.41, 5.74) is 3.92. The Morgan fingerprint density at radius 1 is 1.22 bits per heavy atom. The lowest BCUT2D eigenvalue weighted by Crippen LogP contribution is -2.43. The average molecular weight is 408 g/mol. The number of aryl methyl sites for hydroxylation is 3. The molecule has 0 saturated carbocycles. The topological polar surface area (TPSA) is 38.8 Å². The summed E-state index contributed by atoms with van der Waals surface area (Å²) in [6.45, 7) is 12.1. The normalized spacial score (nSPS) is 16.3. The maximum absolute atomic E-state index is 13.2. The number of carbonyl (C=O) groups is 1. The van der Waals surface area contributed by atoms with Gasteiger partial charge in [0.2, 0.25) is 4.38 Å². The summed E-state index contributed by atoms with van der Waals surface area (Å²) in [4.78, 5) is 18.6. The van der Waals surface area contributed by atoms with E-state index in [2.05, 4.69) is 26.0 Å². The molecule has 0 bridgehead atoms. The molecule has 0 fully saturated rings. The second-order valence-corrected chi connectivity index (χ2v) is 9.07. The highest BCUT2D eigenvalue weighted by molar-refractivity contribution is 8.22. The van der Waals surface area contributed by atoms with Gasteiger partial charge in [0.05, 0.1) is 12.7 Å². The minimum Gasteiger partial charge on any atom is -0.441 e. The molecule has 0 unspecified atom stereocenters. The molecule has 0 aromatic heterocycles. The zero-order valence-electron chi connectivity index (χ0n) is 17.3. The summed E-state index contributed by atoms with van der Waals surface area (Å²) in [7, 11) is 1.50. The van der Waals surface area contributed by atoms with Crippen LogP contribution in [0.25, 0.3) is 5.57 Å². The van der Waals surface area contributed by atoms with Gasteiger partial charge in [-0.15, -0.1) is 0 Å². The molecular weight excluding hydrogens is 378 g/mol. The van der Waals surface area contributed by atoms with E-state index in [9.17, 15) is 4.79 Å². The van der Waals surface area contributed by atoms with E-state index in [1.807, 2.05) is 27.7 Å². The SMILES string of the molecule is CCCCSC(=S)OC1=C(c2c(C)cc(C)cc2C)C(=O)N(OC)C1(C)C. The molecule has 27 heavy (non-hydrogen) atoms. The number of rotatable bonds is 6. The Morgan fingerprint density at radius 3 is 2.33 bits per heavy atom. The van der Waals surface area contributed by atoms with Crippen LogP contribution >= 0.6 is 24.0 Å². The fraction of sp³-hybridized carbons (Fsp3) is 0.524. The number of hydroxylamine groups is 2. The van der Waals surface area contributed by atoms with E-state index in [4.69, 9.17) is 21.8 Å². The predicted molar refractivity (Wildman–Crippen MR) is 117 cm³/mol. The fourth-order valence-corrected chi connectivity index (χ4v) is 4.62. The first-order valence-corrected chi connectivity index (χ1v) is 10.6. The van der Waals surface area contributed by atoms with Crippen molar-refractivity contribution >= 4 is 39.8 Å². The van der Waals surface area contributed by atoms with Gasteiger partial charge < -0.3 is 4.74 Å². The standard InChI is InChI=1S/C21H29NO3S2/c1-8-9-10-27-20(26)25-18-17(19(23)22(24-7)21(18,5)6)16-14(3)11-13(2)12-15(16)4/h11-12H,8-10H2,1-7H3. The van der Waals surface area contributed by atoms with Crippen LogP contribution in [-0.2, 0) is 14.4 Å². The highest BCUT2D eigenvalue weighted by Crippen LogP contribution is 2.43. The van der Waals surface area contributed by atoms with Crippen LogP contribution in [0, 0.1) is 20.8 Å². The van der Waals surface area contributed by atoms with Crippen LogP contribution in [0.4, 0.5) is 0 Å². The van der Waals surface area contributed by atoms with Crippen LogP contribution in [0.15, 0.2) is 17.9 Å². The van der Waals surface area contributed by atoms with Gasteiger partial charge in [-0.3, -0.25) is 9.63 Å². The summed E-state index contributed by atoms with van der Waals surface area (Å²) >= 11 is 6.96. The van der Waals surface area contributed by atoms with Crippen molar-refractivity contribution in [3.05, 3.63) is 40.1 Å². The highest BCUT2D eigenvalue weighted by Gasteiger charge is 2.49. The maximum atomic E-state index is 13.2. The monoisotopic (exact) mass is 407 g/mol. The minimum atomic E-state index is -0.750. The Bertz CT molecular complexity index is 761. The van der Waals surface area contributed by atoms with Gasteiger partial charge in [0.1, 0.15) is 11.3 Å². The van der Waals surface area contributed by atoms with Crippen molar-refractivity contribution in [1.29, 1.82) is 0 Å². The largest absolute Gasteiger partial charge is 0.441 e. The Morgan fingerprint density at radius 2 is 1.81 bits per heavy atom. The number of hydrogen-bond acceptors (Lipinski definition) is 5. The molecule has 2 rings (SSSR count). The molecule has 148 valence electrons. The van der Waals surface area contributed by atoms with E-state index < -0.39 is 5.54 Å². The Balaban J connectivity index is 2.56. The second-order valence-electron chi connectivity index (χ2n) is 7.37. The third kappa shape index (κ3) is 4.39. The number of unbranched alkanes of at least 4 members (excludes halogenated alkanes) is 1. The van der Waals surface area contributed by atoms with Gasteiger partial charge in [-0.05, 0) is 69.9 Å². The molecule has 1 aromatic carbocycles. The summed E-state index contributed by atoms with van der Waals surface area (Å²) in [6.07, 6.45) is 2.18. The van der Waals surface area contributed by atoms with Gasteiger partial charge in [0, 0.05) is 5.75 Å². The Hall–Kier alpha value is -1.37. The number of amides is 1. The number of thiocarbonyl (C=S) groups is 1. The molecule has 1 amide bonds. The van der Waals surface area contributed by atoms with Crippen molar-refractivity contribution in [2.45, 2.75) is 59.9 Å². The molecule has 1 heterocycles. The van der Waals surface area contributed by atoms with E-state index in [-0.39, 0.29) is 5.91 Å². The average Bonchev–Trinajstić information content (AvgIpc) is 2.73. The van der Waals surface area contributed by atoms with Gasteiger partial charge in [-0.25, -0.2) is 5.06 Å². The van der Waals surface area contributed by atoms with Gasteiger partial charge in [0.15, 0.2) is 0 Å². The van der Waals surface area contributed by atoms with Crippen molar-refractivity contribution in [3.63, 3.8) is 0 Å². The summed E-state index contributed by atoms with van der Waals surface area (Å²) < 4.78 is 6.56. The number of thioether (sulfide) groups is 1. The van der Waals surface area contributed by atoms with Crippen LogP contribution in [0.5, 0.6) is 0 Å². The van der Waals surface area contributed by atoms with Gasteiger partial charge in [-0.2, -0.15) is 0 Å². The number of benzene rings is 1. The van der Waals surface area contributed by atoms with E-state index in [1.54, 1.807) is 0 Å². The van der Waals surface area contributed by atoms with Crippen molar-refractivity contribution in [2.75, 3.05) is 12.9 Å².